The Morgan fingerprint density at radius 3 is 2.44 bits per heavy atom. The molecule has 0 saturated heterocycles. The second-order valence-electron chi connectivity index (χ2n) is 7.33. The Morgan fingerprint density at radius 1 is 1.16 bits per heavy atom. The van der Waals surface area contributed by atoms with E-state index in [1.807, 2.05) is 6.92 Å². The summed E-state index contributed by atoms with van der Waals surface area (Å²) < 4.78 is 39.3. The standard InChI is InChI=1S/C22H27ClFN3O4S/c1-4-12-25-22(29)16(2)26(14-17-8-5-6-11-20(17)23)21(28)15-27(32(3,30)31)19-10-7-9-18(24)13-19/h5-11,13,16H,4,12,14-15H2,1-3H3,(H,25,29)/t16-/m0/s1. The van der Waals surface area contributed by atoms with Gasteiger partial charge in [0, 0.05) is 18.1 Å². The maximum atomic E-state index is 13.7. The predicted molar refractivity (Wildman–Crippen MR) is 123 cm³/mol. The minimum absolute atomic E-state index is 0.0000287. The van der Waals surface area contributed by atoms with Gasteiger partial charge in [0.2, 0.25) is 21.8 Å². The number of rotatable bonds is 10. The largest absolute Gasteiger partial charge is 0.354 e. The first-order chi connectivity index (χ1) is 15.0. The maximum absolute atomic E-state index is 13.7. The number of carbonyl (C=O) groups excluding carboxylic acids is 2. The van der Waals surface area contributed by atoms with Crippen LogP contribution in [0.1, 0.15) is 25.8 Å². The molecule has 7 nitrogen and oxygen atoms in total. The monoisotopic (exact) mass is 483 g/mol. The first kappa shape index (κ1) is 25.6. The highest BCUT2D eigenvalue weighted by atomic mass is 35.5. The summed E-state index contributed by atoms with van der Waals surface area (Å²) in [6.45, 7) is 3.31. The SMILES string of the molecule is CCCNC(=O)[C@H](C)N(Cc1ccccc1Cl)C(=O)CN(c1cccc(F)c1)S(C)(=O)=O. The van der Waals surface area contributed by atoms with Crippen LogP contribution in [0.25, 0.3) is 0 Å². The lowest BCUT2D eigenvalue weighted by atomic mass is 10.1. The number of carbonyl (C=O) groups is 2. The zero-order valence-corrected chi connectivity index (χ0v) is 19.8. The molecule has 2 amide bonds. The molecule has 0 heterocycles. The lowest BCUT2D eigenvalue weighted by molar-refractivity contribution is -0.139. The van der Waals surface area contributed by atoms with Gasteiger partial charge in [-0.2, -0.15) is 0 Å². The molecule has 0 fully saturated rings. The van der Waals surface area contributed by atoms with Crippen LogP contribution in [-0.4, -0.2) is 50.5 Å². The van der Waals surface area contributed by atoms with Gasteiger partial charge in [0.1, 0.15) is 18.4 Å². The van der Waals surface area contributed by atoms with Crippen LogP contribution in [0.5, 0.6) is 0 Å². The Hall–Kier alpha value is -2.65. The van der Waals surface area contributed by atoms with E-state index in [9.17, 15) is 22.4 Å². The van der Waals surface area contributed by atoms with E-state index >= 15 is 0 Å². The molecular weight excluding hydrogens is 457 g/mol. The second kappa shape index (κ2) is 11.3. The molecule has 0 aliphatic carbocycles. The molecule has 0 spiro atoms. The molecule has 174 valence electrons. The van der Waals surface area contributed by atoms with Gasteiger partial charge in [-0.25, -0.2) is 12.8 Å². The number of halogens is 2. The van der Waals surface area contributed by atoms with Crippen LogP contribution in [0.2, 0.25) is 5.02 Å². The van der Waals surface area contributed by atoms with Gasteiger partial charge in [-0.15, -0.1) is 0 Å². The average molecular weight is 484 g/mol. The summed E-state index contributed by atoms with van der Waals surface area (Å²) >= 11 is 6.25. The number of amides is 2. The molecule has 10 heteroatoms. The van der Waals surface area contributed by atoms with Gasteiger partial charge in [-0.1, -0.05) is 42.8 Å². The summed E-state index contributed by atoms with van der Waals surface area (Å²) in [6, 6.07) is 10.9. The zero-order chi connectivity index (χ0) is 23.9. The number of hydrogen-bond acceptors (Lipinski definition) is 4. The number of hydrogen-bond donors (Lipinski definition) is 1. The van der Waals surface area contributed by atoms with Crippen molar-refractivity contribution in [2.45, 2.75) is 32.9 Å². The van der Waals surface area contributed by atoms with E-state index in [1.54, 1.807) is 31.2 Å². The molecule has 0 unspecified atom stereocenters. The Labute approximate surface area is 193 Å². The summed E-state index contributed by atoms with van der Waals surface area (Å²) in [5.41, 5.74) is 0.621. The van der Waals surface area contributed by atoms with Gasteiger partial charge in [0.25, 0.3) is 0 Å². The minimum atomic E-state index is -3.91. The van der Waals surface area contributed by atoms with E-state index in [4.69, 9.17) is 11.6 Å². The molecule has 0 radical (unpaired) electrons. The van der Waals surface area contributed by atoms with Crippen molar-refractivity contribution in [2.75, 3.05) is 23.7 Å². The quantitative estimate of drug-likeness (QED) is 0.562. The number of nitrogens with one attached hydrogen (secondary N) is 1. The van der Waals surface area contributed by atoms with E-state index in [0.717, 1.165) is 23.0 Å². The van der Waals surface area contributed by atoms with Crippen LogP contribution in [0, 0.1) is 5.82 Å². The molecule has 0 aliphatic rings. The van der Waals surface area contributed by atoms with Gasteiger partial charge in [0.15, 0.2) is 0 Å². The van der Waals surface area contributed by atoms with Crippen LogP contribution in [0.3, 0.4) is 0 Å². The van der Waals surface area contributed by atoms with Gasteiger partial charge in [-0.05, 0) is 43.2 Å². The molecular formula is C22H27ClFN3O4S. The lowest BCUT2D eigenvalue weighted by Crippen LogP contribution is -2.51. The molecule has 2 rings (SSSR count). The van der Waals surface area contributed by atoms with Gasteiger partial charge < -0.3 is 10.2 Å². The summed E-state index contributed by atoms with van der Waals surface area (Å²) in [5.74, 6) is -1.63. The van der Waals surface area contributed by atoms with Gasteiger partial charge in [0.05, 0.1) is 11.9 Å². The topological polar surface area (TPSA) is 86.8 Å². The summed E-state index contributed by atoms with van der Waals surface area (Å²) in [4.78, 5) is 27.2. The first-order valence-corrected chi connectivity index (χ1v) is 12.3. The first-order valence-electron chi connectivity index (χ1n) is 10.1. The predicted octanol–water partition coefficient (Wildman–Crippen LogP) is 3.19. The van der Waals surface area contributed by atoms with E-state index in [0.29, 0.717) is 17.1 Å². The fourth-order valence-electron chi connectivity index (χ4n) is 3.03. The Balaban J connectivity index is 2.38. The molecule has 0 bridgehead atoms. The highest BCUT2D eigenvalue weighted by molar-refractivity contribution is 7.92. The van der Waals surface area contributed by atoms with Crippen molar-refractivity contribution >= 4 is 39.1 Å². The molecule has 0 aromatic heterocycles. The van der Waals surface area contributed by atoms with E-state index in [1.165, 1.54) is 23.1 Å². The van der Waals surface area contributed by atoms with Crippen molar-refractivity contribution in [1.29, 1.82) is 0 Å². The Bertz CT molecular complexity index is 1060. The maximum Gasteiger partial charge on any atom is 0.244 e. The smallest absolute Gasteiger partial charge is 0.244 e. The van der Waals surface area contributed by atoms with Crippen LogP contribution in [0.4, 0.5) is 10.1 Å². The molecule has 1 N–H and O–H groups in total. The third kappa shape index (κ3) is 6.93. The van der Waals surface area contributed by atoms with E-state index < -0.39 is 34.3 Å². The van der Waals surface area contributed by atoms with E-state index in [2.05, 4.69) is 5.32 Å². The number of anilines is 1. The molecule has 0 aliphatic heterocycles. The van der Waals surface area contributed by atoms with Crippen LogP contribution in [-0.2, 0) is 26.2 Å². The van der Waals surface area contributed by atoms with Crippen molar-refractivity contribution < 1.29 is 22.4 Å². The van der Waals surface area contributed by atoms with Crippen molar-refractivity contribution in [1.82, 2.24) is 10.2 Å². The van der Waals surface area contributed by atoms with Crippen molar-refractivity contribution in [3.63, 3.8) is 0 Å². The van der Waals surface area contributed by atoms with Crippen LogP contribution < -0.4 is 9.62 Å². The van der Waals surface area contributed by atoms with Crippen molar-refractivity contribution in [3.8, 4) is 0 Å². The molecule has 2 aromatic carbocycles. The Morgan fingerprint density at radius 2 is 1.84 bits per heavy atom. The molecule has 32 heavy (non-hydrogen) atoms. The Kier molecular flexibility index (Phi) is 9.03. The molecule has 1 atom stereocenters. The number of nitrogens with zero attached hydrogens (tertiary/aromatic N) is 2. The fraction of sp³-hybridized carbons (Fsp3) is 0.364. The lowest BCUT2D eigenvalue weighted by Gasteiger charge is -2.31. The fourth-order valence-corrected chi connectivity index (χ4v) is 4.07. The highest BCUT2D eigenvalue weighted by Gasteiger charge is 2.30. The van der Waals surface area contributed by atoms with E-state index in [-0.39, 0.29) is 18.1 Å². The summed E-state index contributed by atoms with van der Waals surface area (Å²) in [6.07, 6.45) is 1.65. The third-order valence-electron chi connectivity index (χ3n) is 4.79. The van der Waals surface area contributed by atoms with Crippen LogP contribution in [0.15, 0.2) is 48.5 Å². The highest BCUT2D eigenvalue weighted by Crippen LogP contribution is 2.22. The van der Waals surface area contributed by atoms with Crippen LogP contribution >= 0.6 is 11.6 Å². The van der Waals surface area contributed by atoms with Crippen molar-refractivity contribution in [3.05, 3.63) is 64.9 Å². The van der Waals surface area contributed by atoms with Gasteiger partial charge >= 0.3 is 0 Å². The van der Waals surface area contributed by atoms with Gasteiger partial charge in [-0.3, -0.25) is 13.9 Å². The zero-order valence-electron chi connectivity index (χ0n) is 18.2. The average Bonchev–Trinajstić information content (AvgIpc) is 2.73. The summed E-state index contributed by atoms with van der Waals surface area (Å²) in [7, 11) is -3.91. The second-order valence-corrected chi connectivity index (χ2v) is 9.64. The van der Waals surface area contributed by atoms with Crippen molar-refractivity contribution in [2.24, 2.45) is 0 Å². The minimum Gasteiger partial charge on any atom is -0.354 e. The normalized spacial score (nSPS) is 12.2. The molecule has 0 saturated carbocycles. The number of benzene rings is 2. The summed E-state index contributed by atoms with van der Waals surface area (Å²) in [5, 5.41) is 3.16. The third-order valence-corrected chi connectivity index (χ3v) is 6.30. The number of sulfonamides is 1. The molecule has 2 aromatic rings.